The molecule has 150 valence electrons. The summed E-state index contributed by atoms with van der Waals surface area (Å²) < 4.78 is 0. The molecular formula is C22H12Cl2O6. The van der Waals surface area contributed by atoms with Crippen molar-refractivity contribution in [3.05, 3.63) is 82.0 Å². The summed E-state index contributed by atoms with van der Waals surface area (Å²) in [6.45, 7) is 0. The van der Waals surface area contributed by atoms with Crippen molar-refractivity contribution in [1.82, 2.24) is 0 Å². The molecule has 1 aromatic rings. The van der Waals surface area contributed by atoms with Crippen molar-refractivity contribution in [2.45, 2.75) is 12.8 Å². The van der Waals surface area contributed by atoms with Gasteiger partial charge in [0.15, 0.2) is 23.1 Å². The molecule has 0 radical (unpaired) electrons. The predicted octanol–water partition coefficient (Wildman–Crippen LogP) is 3.23. The number of halogens is 2. The average Bonchev–Trinajstić information content (AvgIpc) is 2.72. The summed E-state index contributed by atoms with van der Waals surface area (Å²) in [6, 6.07) is 5.34. The fourth-order valence-corrected chi connectivity index (χ4v) is 3.41. The number of rotatable bonds is 6. The van der Waals surface area contributed by atoms with E-state index >= 15 is 0 Å². The highest BCUT2D eigenvalue weighted by molar-refractivity contribution is 6.69. The fraction of sp³-hybridized carbons (Fsp3) is 0.0909. The molecule has 0 unspecified atom stereocenters. The van der Waals surface area contributed by atoms with Gasteiger partial charge in [0.05, 0.1) is 0 Å². The maximum Gasteiger partial charge on any atom is 0.252 e. The van der Waals surface area contributed by atoms with Gasteiger partial charge < -0.3 is 0 Å². The van der Waals surface area contributed by atoms with Gasteiger partial charge in [0.25, 0.3) is 10.5 Å². The second-order valence-corrected chi connectivity index (χ2v) is 7.16. The van der Waals surface area contributed by atoms with Crippen LogP contribution in [0.15, 0.2) is 70.9 Å². The van der Waals surface area contributed by atoms with Crippen LogP contribution in [-0.4, -0.2) is 33.6 Å². The molecule has 2 aliphatic rings. The predicted molar refractivity (Wildman–Crippen MR) is 108 cm³/mol. The van der Waals surface area contributed by atoms with E-state index in [0.29, 0.717) is 0 Å². The van der Waals surface area contributed by atoms with Crippen LogP contribution in [0.5, 0.6) is 0 Å². The highest BCUT2D eigenvalue weighted by Gasteiger charge is 2.27. The Hall–Kier alpha value is -3.22. The highest BCUT2D eigenvalue weighted by Crippen LogP contribution is 2.26. The first-order chi connectivity index (χ1) is 14.2. The lowest BCUT2D eigenvalue weighted by molar-refractivity contribution is -0.115. The molecule has 0 saturated heterocycles. The normalized spacial score (nSPS) is 16.2. The summed E-state index contributed by atoms with van der Waals surface area (Å²) in [5.41, 5.74) is -0.110. The molecule has 0 atom stereocenters. The summed E-state index contributed by atoms with van der Waals surface area (Å²) in [5, 5.41) is -1.71. The van der Waals surface area contributed by atoms with E-state index in [1.807, 2.05) is 0 Å². The Bertz CT molecular complexity index is 1060. The molecular weight excluding hydrogens is 431 g/mol. The first-order valence-corrected chi connectivity index (χ1v) is 9.44. The lowest BCUT2D eigenvalue weighted by atomic mass is 9.89. The van der Waals surface area contributed by atoms with E-state index in [1.165, 1.54) is 36.4 Å². The third kappa shape index (κ3) is 4.35. The van der Waals surface area contributed by atoms with Crippen LogP contribution in [-0.2, 0) is 19.2 Å². The standard InChI is InChI=1S/C22H12Cl2O6/c23-21(29)15-7-5-13(25)9-17(15)19(27)11-1-2-12(4-3-11)20(28)18-10-14(26)6-8-16(18)22(24)30/h1-4,7-10H,5-6H2. The van der Waals surface area contributed by atoms with Crippen molar-refractivity contribution >= 4 is 56.8 Å². The van der Waals surface area contributed by atoms with E-state index in [2.05, 4.69) is 0 Å². The van der Waals surface area contributed by atoms with Crippen LogP contribution in [0.4, 0.5) is 0 Å². The van der Waals surface area contributed by atoms with Crippen LogP contribution in [0.25, 0.3) is 0 Å². The minimum atomic E-state index is -0.854. The zero-order valence-corrected chi connectivity index (χ0v) is 16.8. The first kappa shape index (κ1) is 21.5. The maximum absolute atomic E-state index is 12.7. The van der Waals surface area contributed by atoms with Crippen LogP contribution >= 0.6 is 23.2 Å². The van der Waals surface area contributed by atoms with Gasteiger partial charge >= 0.3 is 0 Å². The largest absolute Gasteiger partial charge is 0.294 e. The molecule has 3 rings (SSSR count). The van der Waals surface area contributed by atoms with Crippen molar-refractivity contribution < 1.29 is 28.8 Å². The van der Waals surface area contributed by atoms with E-state index < -0.39 is 22.1 Å². The van der Waals surface area contributed by atoms with Crippen LogP contribution in [0, 0.1) is 0 Å². The number of Topliss-reactive ketones (excluding diaryl/α,β-unsaturated/α-hetero) is 2. The van der Waals surface area contributed by atoms with Gasteiger partial charge in [-0.3, -0.25) is 28.8 Å². The highest BCUT2D eigenvalue weighted by atomic mass is 35.5. The first-order valence-electron chi connectivity index (χ1n) is 8.68. The minimum absolute atomic E-state index is 0.0268. The third-order valence-corrected chi connectivity index (χ3v) is 4.93. The molecule has 0 fully saturated rings. The fourth-order valence-electron chi connectivity index (χ4n) is 3.05. The van der Waals surface area contributed by atoms with Gasteiger partial charge in [-0.25, -0.2) is 0 Å². The minimum Gasteiger partial charge on any atom is -0.294 e. The number of ketones is 4. The molecule has 0 bridgehead atoms. The number of hydrogen-bond acceptors (Lipinski definition) is 6. The Morgan fingerprint density at radius 3 is 1.23 bits per heavy atom. The number of carbonyl (C=O) groups excluding carboxylic acids is 6. The van der Waals surface area contributed by atoms with Gasteiger partial charge in [-0.05, 0) is 35.4 Å². The summed E-state index contributed by atoms with van der Waals surface area (Å²) in [6.07, 6.45) is 4.68. The van der Waals surface area contributed by atoms with Gasteiger partial charge in [0, 0.05) is 46.3 Å². The molecule has 8 heteroatoms. The van der Waals surface area contributed by atoms with Crippen LogP contribution in [0.2, 0.25) is 0 Å². The van der Waals surface area contributed by atoms with Crippen LogP contribution in [0.3, 0.4) is 0 Å². The quantitative estimate of drug-likeness (QED) is 0.494. The average molecular weight is 443 g/mol. The van der Waals surface area contributed by atoms with Gasteiger partial charge in [-0.1, -0.05) is 36.4 Å². The summed E-state index contributed by atoms with van der Waals surface area (Å²) >= 11 is 11.0. The Balaban J connectivity index is 1.89. The molecule has 2 aliphatic carbocycles. The van der Waals surface area contributed by atoms with Gasteiger partial charge in [0.1, 0.15) is 0 Å². The number of benzene rings is 1. The van der Waals surface area contributed by atoms with E-state index in [4.69, 9.17) is 23.2 Å². The lowest BCUT2D eigenvalue weighted by Crippen LogP contribution is -2.16. The Morgan fingerprint density at radius 2 is 0.933 bits per heavy atom. The molecule has 6 nitrogen and oxygen atoms in total. The number of allylic oxidation sites excluding steroid dienone is 8. The number of carbonyl (C=O) groups is 6. The zero-order valence-electron chi connectivity index (χ0n) is 15.2. The van der Waals surface area contributed by atoms with Crippen molar-refractivity contribution in [1.29, 1.82) is 0 Å². The Kier molecular flexibility index (Phi) is 6.20. The summed E-state index contributed by atoms with van der Waals surface area (Å²) in [4.78, 5) is 71.9. The van der Waals surface area contributed by atoms with Gasteiger partial charge in [-0.2, -0.15) is 0 Å². The molecule has 0 amide bonds. The summed E-state index contributed by atoms with van der Waals surface area (Å²) in [5.74, 6) is -1.90. The molecule has 0 aliphatic heterocycles. The molecule has 30 heavy (non-hydrogen) atoms. The molecule has 0 aromatic heterocycles. The Labute approximate surface area is 180 Å². The van der Waals surface area contributed by atoms with E-state index in [9.17, 15) is 28.8 Å². The maximum atomic E-state index is 12.7. The molecule has 0 saturated carbocycles. The zero-order chi connectivity index (χ0) is 22.0. The third-order valence-electron chi connectivity index (χ3n) is 4.53. The van der Waals surface area contributed by atoms with Crippen molar-refractivity contribution in [3.8, 4) is 0 Å². The monoisotopic (exact) mass is 442 g/mol. The van der Waals surface area contributed by atoms with Gasteiger partial charge in [-0.15, -0.1) is 0 Å². The topological polar surface area (TPSA) is 102 Å². The molecule has 0 N–H and O–H groups in total. The molecule has 1 aromatic carbocycles. The second kappa shape index (κ2) is 8.65. The van der Waals surface area contributed by atoms with Crippen LogP contribution in [0.1, 0.15) is 33.6 Å². The van der Waals surface area contributed by atoms with Crippen LogP contribution < -0.4 is 0 Å². The lowest BCUT2D eigenvalue weighted by Gasteiger charge is -2.13. The molecule has 0 heterocycles. The number of hydrogen-bond donors (Lipinski definition) is 0. The smallest absolute Gasteiger partial charge is 0.252 e. The summed E-state index contributed by atoms with van der Waals surface area (Å²) in [7, 11) is 0. The van der Waals surface area contributed by atoms with E-state index in [-0.39, 0.29) is 57.8 Å². The van der Waals surface area contributed by atoms with Gasteiger partial charge in [0.2, 0.25) is 0 Å². The van der Waals surface area contributed by atoms with Crippen molar-refractivity contribution in [3.63, 3.8) is 0 Å². The Morgan fingerprint density at radius 1 is 0.600 bits per heavy atom. The SMILES string of the molecule is O=C1C=C(C(=O)c2ccc(C(=O)C3=CC(=O)CC=C3C(=O)Cl)cc2)C(C(=O)Cl)=CC1. The van der Waals surface area contributed by atoms with E-state index in [1.54, 1.807) is 0 Å². The molecule has 0 spiro atoms. The second-order valence-electron chi connectivity index (χ2n) is 6.48. The van der Waals surface area contributed by atoms with E-state index in [0.717, 1.165) is 12.2 Å². The van der Waals surface area contributed by atoms with Crippen molar-refractivity contribution in [2.24, 2.45) is 0 Å². The van der Waals surface area contributed by atoms with Crippen molar-refractivity contribution in [2.75, 3.05) is 0 Å².